The van der Waals surface area contributed by atoms with Crippen molar-refractivity contribution in [2.45, 2.75) is 38.1 Å². The summed E-state index contributed by atoms with van der Waals surface area (Å²) in [7, 11) is 1.60. The standard InChI is InChI=1S/C22H23NO4/c1-27-20-9-17-15(7-12(20)11-24)16-8-13(25)4-5-14(16)21-18(17)10-23-6-2-3-19(23)22(21)26/h4-5,7-9,19,22,24-26H,2-3,6,10-11H2,1H3/t19-,22+/m0/s1. The molecular formula is C22H23NO4. The Morgan fingerprint density at radius 1 is 1.11 bits per heavy atom. The lowest BCUT2D eigenvalue weighted by molar-refractivity contribution is 0.0552. The molecule has 2 aliphatic heterocycles. The largest absolute Gasteiger partial charge is 0.508 e. The molecular weight excluding hydrogens is 342 g/mol. The van der Waals surface area contributed by atoms with Gasteiger partial charge in [0.15, 0.2) is 0 Å². The zero-order valence-electron chi connectivity index (χ0n) is 15.3. The van der Waals surface area contributed by atoms with E-state index in [0.29, 0.717) is 11.3 Å². The molecule has 140 valence electrons. The summed E-state index contributed by atoms with van der Waals surface area (Å²) < 4.78 is 5.50. The molecule has 0 bridgehead atoms. The van der Waals surface area contributed by atoms with Gasteiger partial charge in [-0.25, -0.2) is 0 Å². The molecule has 2 atom stereocenters. The number of benzene rings is 3. The molecule has 2 heterocycles. The van der Waals surface area contributed by atoms with Gasteiger partial charge < -0.3 is 20.1 Å². The van der Waals surface area contributed by atoms with Crippen LogP contribution in [0.1, 0.15) is 35.6 Å². The maximum Gasteiger partial charge on any atom is 0.125 e. The fourth-order valence-electron chi connectivity index (χ4n) is 5.02. The second-order valence-corrected chi connectivity index (χ2v) is 7.61. The first-order chi connectivity index (χ1) is 13.1. The fraction of sp³-hybridized carbons (Fsp3) is 0.364. The molecule has 2 aliphatic rings. The number of hydrogen-bond donors (Lipinski definition) is 3. The highest BCUT2D eigenvalue weighted by atomic mass is 16.5. The van der Waals surface area contributed by atoms with E-state index in [1.165, 1.54) is 0 Å². The number of hydrogen-bond acceptors (Lipinski definition) is 5. The number of phenols is 1. The molecule has 5 rings (SSSR count). The number of aromatic hydroxyl groups is 1. The van der Waals surface area contributed by atoms with E-state index in [2.05, 4.69) is 4.90 Å². The highest BCUT2D eigenvalue weighted by Crippen LogP contribution is 2.46. The van der Waals surface area contributed by atoms with E-state index in [-0.39, 0.29) is 18.4 Å². The molecule has 0 unspecified atom stereocenters. The summed E-state index contributed by atoms with van der Waals surface area (Å²) >= 11 is 0. The summed E-state index contributed by atoms with van der Waals surface area (Å²) in [5.41, 5.74) is 2.81. The maximum absolute atomic E-state index is 11.2. The summed E-state index contributed by atoms with van der Waals surface area (Å²) in [6.07, 6.45) is 1.56. The van der Waals surface area contributed by atoms with Crippen molar-refractivity contribution in [2.75, 3.05) is 13.7 Å². The predicted molar refractivity (Wildman–Crippen MR) is 104 cm³/mol. The SMILES string of the molecule is COc1cc2c3c(c4ccc(O)cc4c2cc1CO)[C@H](O)[C@@H]1CCCN1C3. The molecule has 27 heavy (non-hydrogen) atoms. The number of aliphatic hydroxyl groups is 2. The van der Waals surface area contributed by atoms with Gasteiger partial charge in [0, 0.05) is 18.2 Å². The number of ether oxygens (including phenoxy) is 1. The molecule has 0 aromatic heterocycles. The van der Waals surface area contributed by atoms with Gasteiger partial charge in [-0.1, -0.05) is 6.07 Å². The predicted octanol–water partition coefficient (Wildman–Crippen LogP) is 3.21. The molecule has 1 fully saturated rings. The Hall–Kier alpha value is -2.34. The molecule has 0 saturated carbocycles. The lowest BCUT2D eigenvalue weighted by atomic mass is 9.83. The Morgan fingerprint density at radius 2 is 1.93 bits per heavy atom. The Labute approximate surface area is 157 Å². The Bertz CT molecular complexity index is 1060. The smallest absolute Gasteiger partial charge is 0.125 e. The highest BCUT2D eigenvalue weighted by molar-refractivity contribution is 6.12. The van der Waals surface area contributed by atoms with Gasteiger partial charge in [-0.3, -0.25) is 4.90 Å². The van der Waals surface area contributed by atoms with Crippen LogP contribution in [0.3, 0.4) is 0 Å². The van der Waals surface area contributed by atoms with Crippen LogP contribution >= 0.6 is 0 Å². The summed E-state index contributed by atoms with van der Waals surface area (Å²) in [6.45, 7) is 1.68. The van der Waals surface area contributed by atoms with Crippen LogP contribution in [-0.4, -0.2) is 39.9 Å². The normalized spacial score (nSPS) is 22.2. The van der Waals surface area contributed by atoms with E-state index in [9.17, 15) is 15.3 Å². The van der Waals surface area contributed by atoms with E-state index in [1.54, 1.807) is 19.2 Å². The minimum Gasteiger partial charge on any atom is -0.508 e. The van der Waals surface area contributed by atoms with Crippen LogP contribution in [0.15, 0.2) is 30.3 Å². The van der Waals surface area contributed by atoms with E-state index in [4.69, 9.17) is 4.74 Å². The van der Waals surface area contributed by atoms with Gasteiger partial charge in [0.1, 0.15) is 11.5 Å². The van der Waals surface area contributed by atoms with Gasteiger partial charge >= 0.3 is 0 Å². The summed E-state index contributed by atoms with van der Waals surface area (Å²) in [4.78, 5) is 2.37. The van der Waals surface area contributed by atoms with Crippen molar-refractivity contribution in [3.05, 3.63) is 47.0 Å². The fourth-order valence-corrected chi connectivity index (χ4v) is 5.02. The van der Waals surface area contributed by atoms with Crippen LogP contribution in [-0.2, 0) is 13.2 Å². The van der Waals surface area contributed by atoms with E-state index >= 15 is 0 Å². The number of nitrogens with zero attached hydrogens (tertiary/aromatic N) is 1. The molecule has 5 heteroatoms. The zero-order valence-corrected chi connectivity index (χ0v) is 15.3. The summed E-state index contributed by atoms with van der Waals surface area (Å²) in [5.74, 6) is 0.836. The average molecular weight is 365 g/mol. The van der Waals surface area contributed by atoms with Crippen molar-refractivity contribution < 1.29 is 20.1 Å². The Kier molecular flexibility index (Phi) is 3.79. The van der Waals surface area contributed by atoms with Gasteiger partial charge in [0.25, 0.3) is 0 Å². The van der Waals surface area contributed by atoms with E-state index in [0.717, 1.165) is 58.6 Å². The third-order valence-corrected chi connectivity index (χ3v) is 6.26. The first-order valence-electron chi connectivity index (χ1n) is 9.43. The zero-order chi connectivity index (χ0) is 18.7. The minimum absolute atomic E-state index is 0.118. The van der Waals surface area contributed by atoms with Crippen molar-refractivity contribution in [3.63, 3.8) is 0 Å². The molecule has 0 spiro atoms. The van der Waals surface area contributed by atoms with Crippen LogP contribution < -0.4 is 4.74 Å². The first kappa shape index (κ1) is 16.8. The van der Waals surface area contributed by atoms with Gasteiger partial charge in [-0.05, 0) is 76.3 Å². The average Bonchev–Trinajstić information content (AvgIpc) is 3.16. The number of fused-ring (bicyclic) bond motifs is 7. The second-order valence-electron chi connectivity index (χ2n) is 7.61. The molecule has 3 N–H and O–H groups in total. The van der Waals surface area contributed by atoms with Crippen LogP contribution in [0.2, 0.25) is 0 Å². The number of rotatable bonds is 2. The minimum atomic E-state index is -0.545. The van der Waals surface area contributed by atoms with Crippen LogP contribution in [0, 0.1) is 0 Å². The number of methoxy groups -OCH3 is 1. The Balaban J connectivity index is 1.93. The van der Waals surface area contributed by atoms with E-state index < -0.39 is 6.10 Å². The number of aliphatic hydroxyl groups excluding tert-OH is 2. The summed E-state index contributed by atoms with van der Waals surface area (Å²) in [5, 5.41) is 34.9. The Morgan fingerprint density at radius 3 is 2.70 bits per heavy atom. The molecule has 0 aliphatic carbocycles. The first-order valence-corrected chi connectivity index (χ1v) is 9.43. The molecule has 3 aromatic rings. The van der Waals surface area contributed by atoms with Gasteiger partial charge in [0.05, 0.1) is 19.8 Å². The van der Waals surface area contributed by atoms with Crippen LogP contribution in [0.25, 0.3) is 21.5 Å². The highest BCUT2D eigenvalue weighted by Gasteiger charge is 2.38. The van der Waals surface area contributed by atoms with Crippen LogP contribution in [0.5, 0.6) is 11.5 Å². The van der Waals surface area contributed by atoms with Gasteiger partial charge in [-0.15, -0.1) is 0 Å². The van der Waals surface area contributed by atoms with Gasteiger partial charge in [-0.2, -0.15) is 0 Å². The van der Waals surface area contributed by atoms with Gasteiger partial charge in [0.2, 0.25) is 0 Å². The quantitative estimate of drug-likeness (QED) is 0.608. The molecule has 0 amide bonds. The summed E-state index contributed by atoms with van der Waals surface area (Å²) in [6, 6.07) is 9.40. The van der Waals surface area contributed by atoms with Crippen molar-refractivity contribution >= 4 is 21.5 Å². The number of phenolic OH excluding ortho intramolecular Hbond substituents is 1. The van der Waals surface area contributed by atoms with Crippen LogP contribution in [0.4, 0.5) is 0 Å². The molecule has 5 nitrogen and oxygen atoms in total. The molecule has 0 radical (unpaired) electrons. The maximum atomic E-state index is 11.2. The molecule has 3 aromatic carbocycles. The van der Waals surface area contributed by atoms with Crippen molar-refractivity contribution in [2.24, 2.45) is 0 Å². The third-order valence-electron chi connectivity index (χ3n) is 6.26. The van der Waals surface area contributed by atoms with Crippen molar-refractivity contribution in [1.29, 1.82) is 0 Å². The molecule has 1 saturated heterocycles. The van der Waals surface area contributed by atoms with Crippen molar-refractivity contribution in [1.82, 2.24) is 4.90 Å². The second kappa shape index (κ2) is 6.09. The van der Waals surface area contributed by atoms with E-state index in [1.807, 2.05) is 18.2 Å². The third kappa shape index (κ3) is 2.35. The lowest BCUT2D eigenvalue weighted by Crippen LogP contribution is -2.39. The lowest BCUT2D eigenvalue weighted by Gasteiger charge is -2.37. The topological polar surface area (TPSA) is 73.2 Å². The van der Waals surface area contributed by atoms with Crippen molar-refractivity contribution in [3.8, 4) is 11.5 Å². The monoisotopic (exact) mass is 365 g/mol.